The lowest BCUT2D eigenvalue weighted by Crippen LogP contribution is -2.42. The Labute approximate surface area is 190 Å². The molecule has 1 aliphatic carbocycles. The summed E-state index contributed by atoms with van der Waals surface area (Å²) in [6.45, 7) is 0.422. The van der Waals surface area contributed by atoms with Crippen LogP contribution in [-0.2, 0) is 23.9 Å². The van der Waals surface area contributed by atoms with E-state index in [0.29, 0.717) is 0 Å². The zero-order valence-corrected chi connectivity index (χ0v) is 18.0. The van der Waals surface area contributed by atoms with E-state index in [2.05, 4.69) is 16.0 Å². The van der Waals surface area contributed by atoms with Crippen LogP contribution in [0.4, 0.5) is 4.79 Å². The molecule has 0 radical (unpaired) electrons. The standard InChI is InChI=1S/C23H25N3O7/c1-14(22(29)30)26-21(28)12-32-13-25-20(27)10-24-23(31)33-11-19-17-8-4-2-6-15(17)16-7-3-5-9-18(16)19/h2-9,14,19H,10-13H2,1H3,(H,24,31)(H,25,27)(H,26,28)(H,29,30)/t14-/m0/s1. The zero-order chi connectivity index (χ0) is 23.8. The van der Waals surface area contributed by atoms with Gasteiger partial charge in [0.1, 0.15) is 32.5 Å². The van der Waals surface area contributed by atoms with Crippen LogP contribution >= 0.6 is 0 Å². The molecule has 174 valence electrons. The predicted octanol–water partition coefficient (Wildman–Crippen LogP) is 1.20. The molecular formula is C23H25N3O7. The lowest BCUT2D eigenvalue weighted by atomic mass is 9.98. The third kappa shape index (κ3) is 6.30. The Hall–Kier alpha value is -3.92. The van der Waals surface area contributed by atoms with Gasteiger partial charge in [0, 0.05) is 5.92 Å². The molecule has 0 heterocycles. The SMILES string of the molecule is C[C@H](NC(=O)COCNC(=O)CNC(=O)OCC1c2ccccc2-c2ccccc21)C(=O)O. The van der Waals surface area contributed by atoms with Crippen LogP contribution < -0.4 is 16.0 Å². The Kier molecular flexibility index (Phi) is 7.98. The summed E-state index contributed by atoms with van der Waals surface area (Å²) in [5.41, 5.74) is 4.41. The van der Waals surface area contributed by atoms with Crippen molar-refractivity contribution in [3.8, 4) is 11.1 Å². The highest BCUT2D eigenvalue weighted by molar-refractivity contribution is 5.84. The first kappa shape index (κ1) is 23.7. The van der Waals surface area contributed by atoms with Crippen molar-refractivity contribution in [3.63, 3.8) is 0 Å². The molecule has 0 saturated heterocycles. The molecule has 10 nitrogen and oxygen atoms in total. The number of alkyl carbamates (subject to hydrolysis) is 1. The fraction of sp³-hybridized carbons (Fsp3) is 0.304. The van der Waals surface area contributed by atoms with Crippen LogP contribution in [0.15, 0.2) is 48.5 Å². The van der Waals surface area contributed by atoms with Crippen LogP contribution in [-0.4, -0.2) is 61.5 Å². The number of fused-ring (bicyclic) bond motifs is 3. The van der Waals surface area contributed by atoms with Crippen LogP contribution in [0.25, 0.3) is 11.1 Å². The smallest absolute Gasteiger partial charge is 0.407 e. The third-order valence-corrected chi connectivity index (χ3v) is 5.09. The Bertz CT molecular complexity index is 995. The van der Waals surface area contributed by atoms with Crippen molar-refractivity contribution in [2.75, 3.05) is 26.5 Å². The van der Waals surface area contributed by atoms with Gasteiger partial charge in [-0.2, -0.15) is 0 Å². The van der Waals surface area contributed by atoms with Crippen molar-refractivity contribution < 1.29 is 33.8 Å². The van der Waals surface area contributed by atoms with Gasteiger partial charge in [0.25, 0.3) is 0 Å². The Balaban J connectivity index is 1.36. The van der Waals surface area contributed by atoms with Crippen molar-refractivity contribution in [2.24, 2.45) is 0 Å². The molecule has 2 aromatic carbocycles. The molecule has 4 N–H and O–H groups in total. The molecule has 3 rings (SSSR count). The highest BCUT2D eigenvalue weighted by Crippen LogP contribution is 2.44. The molecule has 0 saturated carbocycles. The number of carboxylic acids is 1. The van der Waals surface area contributed by atoms with Crippen LogP contribution in [0.1, 0.15) is 24.0 Å². The number of carbonyl (C=O) groups excluding carboxylic acids is 3. The normalized spacial score (nSPS) is 12.8. The number of ether oxygens (including phenoxy) is 2. The second-order valence-electron chi connectivity index (χ2n) is 7.40. The maximum absolute atomic E-state index is 12.1. The Morgan fingerprint density at radius 1 is 0.939 bits per heavy atom. The zero-order valence-electron chi connectivity index (χ0n) is 18.0. The van der Waals surface area contributed by atoms with E-state index in [4.69, 9.17) is 14.6 Å². The quantitative estimate of drug-likeness (QED) is 0.311. The minimum absolute atomic E-state index is 0.0830. The number of amides is 3. The van der Waals surface area contributed by atoms with Gasteiger partial charge < -0.3 is 30.5 Å². The number of carbonyl (C=O) groups is 4. The first-order valence-corrected chi connectivity index (χ1v) is 10.3. The molecule has 1 aliphatic rings. The van der Waals surface area contributed by atoms with Gasteiger partial charge in [0.2, 0.25) is 11.8 Å². The second-order valence-corrected chi connectivity index (χ2v) is 7.40. The lowest BCUT2D eigenvalue weighted by Gasteiger charge is -2.14. The number of hydrogen-bond donors (Lipinski definition) is 4. The molecule has 33 heavy (non-hydrogen) atoms. The van der Waals surface area contributed by atoms with Crippen LogP contribution in [0.2, 0.25) is 0 Å². The minimum Gasteiger partial charge on any atom is -0.480 e. The molecule has 0 fully saturated rings. The van der Waals surface area contributed by atoms with E-state index in [1.807, 2.05) is 48.5 Å². The summed E-state index contributed by atoms with van der Waals surface area (Å²) in [6, 6.07) is 14.9. The third-order valence-electron chi connectivity index (χ3n) is 5.09. The molecule has 0 aromatic heterocycles. The fourth-order valence-electron chi connectivity index (χ4n) is 3.48. The monoisotopic (exact) mass is 455 g/mol. The highest BCUT2D eigenvalue weighted by atomic mass is 16.5. The number of aliphatic carboxylic acids is 1. The summed E-state index contributed by atoms with van der Waals surface area (Å²) < 4.78 is 10.3. The number of nitrogens with one attached hydrogen (secondary N) is 3. The van der Waals surface area contributed by atoms with E-state index in [-0.39, 0.29) is 25.8 Å². The maximum Gasteiger partial charge on any atom is 0.407 e. The topological polar surface area (TPSA) is 143 Å². The summed E-state index contributed by atoms with van der Waals surface area (Å²) in [5.74, 6) is -2.42. The first-order chi connectivity index (χ1) is 15.9. The highest BCUT2D eigenvalue weighted by Gasteiger charge is 2.29. The van der Waals surface area contributed by atoms with Gasteiger partial charge in [0.05, 0.1) is 0 Å². The van der Waals surface area contributed by atoms with Gasteiger partial charge in [-0.3, -0.25) is 14.4 Å². The van der Waals surface area contributed by atoms with Crippen LogP contribution in [0, 0.1) is 0 Å². The van der Waals surface area contributed by atoms with E-state index in [0.717, 1.165) is 22.3 Å². The largest absolute Gasteiger partial charge is 0.480 e. The molecule has 2 aromatic rings. The minimum atomic E-state index is -1.17. The van der Waals surface area contributed by atoms with Crippen molar-refractivity contribution in [1.29, 1.82) is 0 Å². The average molecular weight is 455 g/mol. The van der Waals surface area contributed by atoms with E-state index in [1.165, 1.54) is 6.92 Å². The van der Waals surface area contributed by atoms with Crippen molar-refractivity contribution in [3.05, 3.63) is 59.7 Å². The van der Waals surface area contributed by atoms with E-state index in [1.54, 1.807) is 0 Å². The van der Waals surface area contributed by atoms with E-state index in [9.17, 15) is 19.2 Å². The number of rotatable bonds is 10. The first-order valence-electron chi connectivity index (χ1n) is 10.3. The molecule has 10 heteroatoms. The van der Waals surface area contributed by atoms with Crippen LogP contribution in [0.3, 0.4) is 0 Å². The number of carboxylic acid groups (broad SMARTS) is 1. The molecule has 3 amide bonds. The van der Waals surface area contributed by atoms with Crippen molar-refractivity contribution in [2.45, 2.75) is 18.9 Å². The molecular weight excluding hydrogens is 430 g/mol. The van der Waals surface area contributed by atoms with Crippen molar-refractivity contribution >= 4 is 23.9 Å². The Morgan fingerprint density at radius 3 is 2.15 bits per heavy atom. The van der Waals surface area contributed by atoms with E-state index >= 15 is 0 Å². The summed E-state index contributed by atoms with van der Waals surface area (Å²) in [5, 5.41) is 15.7. The number of hydrogen-bond acceptors (Lipinski definition) is 6. The average Bonchev–Trinajstić information content (AvgIpc) is 3.12. The molecule has 0 aliphatic heterocycles. The van der Waals surface area contributed by atoms with Gasteiger partial charge in [-0.05, 0) is 29.2 Å². The summed E-state index contributed by atoms with van der Waals surface area (Å²) in [7, 11) is 0. The van der Waals surface area contributed by atoms with Gasteiger partial charge in [0.15, 0.2) is 0 Å². The summed E-state index contributed by atoms with van der Waals surface area (Å²) >= 11 is 0. The fourth-order valence-corrected chi connectivity index (χ4v) is 3.48. The Morgan fingerprint density at radius 2 is 1.55 bits per heavy atom. The molecule has 1 atom stereocenters. The van der Waals surface area contributed by atoms with Gasteiger partial charge >= 0.3 is 12.1 Å². The van der Waals surface area contributed by atoms with Gasteiger partial charge in [-0.25, -0.2) is 4.79 Å². The lowest BCUT2D eigenvalue weighted by molar-refractivity contribution is -0.142. The van der Waals surface area contributed by atoms with Gasteiger partial charge in [-0.1, -0.05) is 48.5 Å². The summed E-state index contributed by atoms with van der Waals surface area (Å²) in [4.78, 5) is 46.0. The van der Waals surface area contributed by atoms with E-state index < -0.39 is 36.5 Å². The molecule has 0 spiro atoms. The number of benzene rings is 2. The predicted molar refractivity (Wildman–Crippen MR) is 117 cm³/mol. The summed E-state index contributed by atoms with van der Waals surface area (Å²) in [6.07, 6.45) is -0.727. The maximum atomic E-state index is 12.1. The molecule has 0 unspecified atom stereocenters. The van der Waals surface area contributed by atoms with Crippen molar-refractivity contribution in [1.82, 2.24) is 16.0 Å². The van der Waals surface area contributed by atoms with Crippen LogP contribution in [0.5, 0.6) is 0 Å². The van der Waals surface area contributed by atoms with Gasteiger partial charge in [-0.15, -0.1) is 0 Å². The second kappa shape index (κ2) is 11.1. The molecule has 0 bridgehead atoms.